The molecule has 1 rings (SSSR count). The van der Waals surface area contributed by atoms with Crippen molar-refractivity contribution in [2.75, 3.05) is 10.6 Å². The molecule has 4 N–H and O–H groups in total. The Morgan fingerprint density at radius 2 is 1.08 bits per heavy atom. The molecular formula is C16H20N2O6. The summed E-state index contributed by atoms with van der Waals surface area (Å²) in [5, 5.41) is 22.3. The molecule has 0 aliphatic heterocycles. The first-order chi connectivity index (χ1) is 11.4. The van der Waals surface area contributed by atoms with Gasteiger partial charge in [-0.3, -0.25) is 19.2 Å². The van der Waals surface area contributed by atoms with Crippen molar-refractivity contribution in [2.45, 2.75) is 38.5 Å². The molecule has 2 amide bonds. The molecule has 0 unspecified atom stereocenters. The molecule has 0 saturated heterocycles. The van der Waals surface area contributed by atoms with Crippen LogP contribution in [0.15, 0.2) is 24.3 Å². The minimum atomic E-state index is -0.961. The highest BCUT2D eigenvalue weighted by molar-refractivity contribution is 5.99. The number of hydrogen-bond acceptors (Lipinski definition) is 4. The average molecular weight is 336 g/mol. The summed E-state index contributed by atoms with van der Waals surface area (Å²) >= 11 is 0. The number of carbonyl (C=O) groups is 4. The van der Waals surface area contributed by atoms with Crippen LogP contribution in [0.4, 0.5) is 11.4 Å². The summed E-state index contributed by atoms with van der Waals surface area (Å²) in [5.41, 5.74) is 0.814. The fourth-order valence-corrected chi connectivity index (χ4v) is 1.93. The summed E-state index contributed by atoms with van der Waals surface area (Å²) in [7, 11) is 0. The largest absolute Gasteiger partial charge is 0.481 e. The van der Waals surface area contributed by atoms with E-state index in [4.69, 9.17) is 10.2 Å². The van der Waals surface area contributed by atoms with Gasteiger partial charge in [-0.25, -0.2) is 0 Å². The molecule has 0 aliphatic rings. The van der Waals surface area contributed by atoms with Gasteiger partial charge in [-0.1, -0.05) is 12.1 Å². The van der Waals surface area contributed by atoms with Gasteiger partial charge >= 0.3 is 11.9 Å². The van der Waals surface area contributed by atoms with Crippen LogP contribution < -0.4 is 10.6 Å². The number of nitrogens with one attached hydrogen (secondary N) is 2. The molecule has 8 nitrogen and oxygen atoms in total. The number of aliphatic carboxylic acids is 2. The summed E-state index contributed by atoms with van der Waals surface area (Å²) in [6, 6.07) is 6.60. The van der Waals surface area contributed by atoms with Crippen molar-refractivity contribution in [2.24, 2.45) is 0 Å². The third-order valence-electron chi connectivity index (χ3n) is 3.06. The number of carboxylic acid groups (broad SMARTS) is 2. The highest BCUT2D eigenvalue weighted by Gasteiger charge is 2.10. The lowest BCUT2D eigenvalue weighted by Gasteiger charge is -2.12. The van der Waals surface area contributed by atoms with E-state index in [1.54, 1.807) is 24.3 Å². The molecule has 0 heterocycles. The van der Waals surface area contributed by atoms with Crippen LogP contribution in [-0.4, -0.2) is 34.0 Å². The van der Waals surface area contributed by atoms with Gasteiger partial charge in [0, 0.05) is 25.7 Å². The lowest BCUT2D eigenvalue weighted by molar-refractivity contribution is -0.138. The maximum absolute atomic E-state index is 11.8. The molecule has 0 aliphatic carbocycles. The average Bonchev–Trinajstić information content (AvgIpc) is 2.48. The molecule has 0 aromatic heterocycles. The van der Waals surface area contributed by atoms with E-state index in [0.29, 0.717) is 11.4 Å². The van der Waals surface area contributed by atoms with Gasteiger partial charge < -0.3 is 20.8 Å². The van der Waals surface area contributed by atoms with Crippen LogP contribution in [0.25, 0.3) is 0 Å². The zero-order valence-corrected chi connectivity index (χ0v) is 13.1. The number of carbonyl (C=O) groups excluding carboxylic acids is 2. The second-order valence-corrected chi connectivity index (χ2v) is 5.14. The van der Waals surface area contributed by atoms with E-state index in [-0.39, 0.29) is 50.3 Å². The predicted molar refractivity (Wildman–Crippen MR) is 86.7 cm³/mol. The van der Waals surface area contributed by atoms with Gasteiger partial charge in [0.1, 0.15) is 0 Å². The van der Waals surface area contributed by atoms with E-state index >= 15 is 0 Å². The molecule has 8 heteroatoms. The van der Waals surface area contributed by atoms with Crippen molar-refractivity contribution >= 4 is 35.1 Å². The monoisotopic (exact) mass is 336 g/mol. The van der Waals surface area contributed by atoms with E-state index in [1.165, 1.54) is 0 Å². The van der Waals surface area contributed by atoms with Crippen LogP contribution >= 0.6 is 0 Å². The number of anilines is 2. The molecule has 1 aromatic carbocycles. The van der Waals surface area contributed by atoms with Gasteiger partial charge in [0.15, 0.2) is 0 Å². The second-order valence-electron chi connectivity index (χ2n) is 5.14. The third-order valence-corrected chi connectivity index (χ3v) is 3.06. The quantitative estimate of drug-likeness (QED) is 0.517. The maximum Gasteiger partial charge on any atom is 0.303 e. The Kier molecular flexibility index (Phi) is 7.97. The van der Waals surface area contributed by atoms with Crippen molar-refractivity contribution in [1.82, 2.24) is 0 Å². The van der Waals surface area contributed by atoms with Crippen LogP contribution in [0, 0.1) is 0 Å². The highest BCUT2D eigenvalue weighted by Crippen LogP contribution is 2.21. The maximum atomic E-state index is 11.8. The van der Waals surface area contributed by atoms with Crippen LogP contribution in [0.3, 0.4) is 0 Å². The van der Waals surface area contributed by atoms with Crippen LogP contribution in [-0.2, 0) is 19.2 Å². The summed E-state index contributed by atoms with van der Waals surface area (Å²) < 4.78 is 0. The second kappa shape index (κ2) is 9.98. The summed E-state index contributed by atoms with van der Waals surface area (Å²) in [4.78, 5) is 44.4. The molecule has 0 atom stereocenters. The Morgan fingerprint density at radius 3 is 1.42 bits per heavy atom. The molecule has 0 saturated carbocycles. The predicted octanol–water partition coefficient (Wildman–Crippen LogP) is 2.07. The van der Waals surface area contributed by atoms with Gasteiger partial charge in [0.05, 0.1) is 11.4 Å². The first-order valence-electron chi connectivity index (χ1n) is 7.51. The van der Waals surface area contributed by atoms with Crippen molar-refractivity contribution in [3.63, 3.8) is 0 Å². The first-order valence-corrected chi connectivity index (χ1v) is 7.51. The fraction of sp³-hybridized carbons (Fsp3) is 0.375. The molecule has 0 bridgehead atoms. The van der Waals surface area contributed by atoms with E-state index in [1.807, 2.05) is 0 Å². The molecule has 0 fully saturated rings. The van der Waals surface area contributed by atoms with Crippen molar-refractivity contribution in [3.8, 4) is 0 Å². The lowest BCUT2D eigenvalue weighted by Crippen LogP contribution is -2.16. The zero-order chi connectivity index (χ0) is 17.9. The van der Waals surface area contributed by atoms with Crippen LogP contribution in [0.1, 0.15) is 38.5 Å². The van der Waals surface area contributed by atoms with E-state index in [0.717, 1.165) is 0 Å². The van der Waals surface area contributed by atoms with Crippen molar-refractivity contribution in [1.29, 1.82) is 0 Å². The number of rotatable bonds is 10. The lowest BCUT2D eigenvalue weighted by atomic mass is 10.2. The Hall–Kier alpha value is -2.90. The Morgan fingerprint density at radius 1 is 0.708 bits per heavy atom. The Balaban J connectivity index is 2.54. The standard InChI is InChI=1S/C16H20N2O6/c19-13(7-3-9-15(21)22)17-11-5-1-2-6-12(11)18-14(20)8-4-10-16(23)24/h1-2,5-6H,3-4,7-10H2,(H,17,19)(H,18,20)(H,21,22)(H,23,24). The number of benzene rings is 1. The number of para-hydroxylation sites is 2. The van der Waals surface area contributed by atoms with Gasteiger partial charge in [-0.2, -0.15) is 0 Å². The van der Waals surface area contributed by atoms with Gasteiger partial charge in [-0.05, 0) is 25.0 Å². The van der Waals surface area contributed by atoms with Crippen molar-refractivity contribution < 1.29 is 29.4 Å². The SMILES string of the molecule is O=C(O)CCCC(=O)Nc1ccccc1NC(=O)CCCC(=O)O. The van der Waals surface area contributed by atoms with Crippen LogP contribution in [0.5, 0.6) is 0 Å². The number of carboxylic acids is 2. The number of hydrogen-bond donors (Lipinski definition) is 4. The molecule has 24 heavy (non-hydrogen) atoms. The highest BCUT2D eigenvalue weighted by atomic mass is 16.4. The molecule has 130 valence electrons. The van der Waals surface area contributed by atoms with Gasteiger partial charge in [-0.15, -0.1) is 0 Å². The summed E-state index contributed by atoms with van der Waals surface area (Å²) in [5.74, 6) is -2.61. The minimum Gasteiger partial charge on any atom is -0.481 e. The van der Waals surface area contributed by atoms with Gasteiger partial charge in [0.2, 0.25) is 11.8 Å². The summed E-state index contributed by atoms with van der Waals surface area (Å²) in [6.07, 6.45) is 0.404. The van der Waals surface area contributed by atoms with Gasteiger partial charge in [0.25, 0.3) is 0 Å². The summed E-state index contributed by atoms with van der Waals surface area (Å²) in [6.45, 7) is 0. The molecule has 0 radical (unpaired) electrons. The van der Waals surface area contributed by atoms with Crippen LogP contribution in [0.2, 0.25) is 0 Å². The molecule has 0 spiro atoms. The normalized spacial score (nSPS) is 10.0. The minimum absolute atomic E-state index is 0.0627. The van der Waals surface area contributed by atoms with E-state index in [2.05, 4.69) is 10.6 Å². The van der Waals surface area contributed by atoms with Crippen molar-refractivity contribution in [3.05, 3.63) is 24.3 Å². The first kappa shape index (κ1) is 19.1. The topological polar surface area (TPSA) is 133 Å². The Labute approximate surface area is 138 Å². The Bertz CT molecular complexity index is 561. The molecule has 1 aromatic rings. The number of amides is 2. The van der Waals surface area contributed by atoms with E-state index in [9.17, 15) is 19.2 Å². The molecular weight excluding hydrogens is 316 g/mol. The third kappa shape index (κ3) is 7.92. The zero-order valence-electron chi connectivity index (χ0n) is 13.1. The van der Waals surface area contributed by atoms with E-state index < -0.39 is 11.9 Å². The smallest absolute Gasteiger partial charge is 0.303 e. The fourth-order valence-electron chi connectivity index (χ4n) is 1.93.